The van der Waals surface area contributed by atoms with Gasteiger partial charge in [0.2, 0.25) is 0 Å². The lowest BCUT2D eigenvalue weighted by Crippen LogP contribution is -2.53. The Morgan fingerprint density at radius 3 is 2.23 bits per heavy atom. The fourth-order valence-electron chi connectivity index (χ4n) is 4.07. The number of hydrogen-bond acceptors (Lipinski definition) is 4. The molecule has 4 rings (SSSR count). The summed E-state index contributed by atoms with van der Waals surface area (Å²) in [6.07, 6.45) is 1.49. The molecule has 2 aromatic carbocycles. The Labute approximate surface area is 190 Å². The summed E-state index contributed by atoms with van der Waals surface area (Å²) in [6.45, 7) is 1.91. The number of methoxy groups -OCH3 is 1. The first-order valence-corrected chi connectivity index (χ1v) is 11.5. The first kappa shape index (κ1) is 21.3. The largest absolute Gasteiger partial charge is 0.497 e. The molecule has 2 aliphatic rings. The number of nitrogens with zero attached hydrogens (tertiary/aromatic N) is 2. The molecule has 1 spiro atoms. The Balaban J connectivity index is 1.46. The number of carbonyl (C=O) groups is 2. The van der Waals surface area contributed by atoms with Crippen molar-refractivity contribution < 1.29 is 14.3 Å². The lowest BCUT2D eigenvalue weighted by atomic mass is 10.00. The summed E-state index contributed by atoms with van der Waals surface area (Å²) in [7, 11) is 1.61. The van der Waals surface area contributed by atoms with E-state index in [1.807, 2.05) is 33.7 Å². The van der Waals surface area contributed by atoms with Gasteiger partial charge in [-0.1, -0.05) is 23.2 Å². The van der Waals surface area contributed by atoms with Gasteiger partial charge in [0.1, 0.15) is 5.75 Å². The second kappa shape index (κ2) is 8.69. The topological polar surface area (TPSA) is 49.9 Å². The van der Waals surface area contributed by atoms with Crippen LogP contribution in [0.15, 0.2) is 42.5 Å². The summed E-state index contributed by atoms with van der Waals surface area (Å²) < 4.78 is 5.19. The third kappa shape index (κ3) is 4.01. The van der Waals surface area contributed by atoms with Crippen LogP contribution in [-0.2, 0) is 0 Å². The number of rotatable bonds is 3. The maximum absolute atomic E-state index is 13.2. The molecule has 2 fully saturated rings. The molecule has 8 heteroatoms. The van der Waals surface area contributed by atoms with Crippen LogP contribution in [-0.4, -0.2) is 59.0 Å². The second-order valence-electron chi connectivity index (χ2n) is 7.40. The summed E-state index contributed by atoms with van der Waals surface area (Å²) in [5.74, 6) is 1.61. The van der Waals surface area contributed by atoms with Crippen LogP contribution in [0.2, 0.25) is 10.0 Å². The molecule has 0 bridgehead atoms. The van der Waals surface area contributed by atoms with Gasteiger partial charge >= 0.3 is 0 Å². The minimum Gasteiger partial charge on any atom is -0.497 e. The van der Waals surface area contributed by atoms with E-state index in [9.17, 15) is 9.59 Å². The maximum atomic E-state index is 13.2. The van der Waals surface area contributed by atoms with Crippen molar-refractivity contribution in [2.24, 2.45) is 0 Å². The number of carbonyl (C=O) groups excluding carboxylic acids is 2. The quantitative estimate of drug-likeness (QED) is 0.652. The average molecular weight is 465 g/mol. The molecule has 2 heterocycles. The zero-order valence-electron chi connectivity index (χ0n) is 16.6. The van der Waals surface area contributed by atoms with Gasteiger partial charge in [0.05, 0.1) is 22.0 Å². The number of piperidine rings is 1. The van der Waals surface area contributed by atoms with E-state index in [0.29, 0.717) is 34.3 Å². The number of thioether (sulfide) groups is 1. The summed E-state index contributed by atoms with van der Waals surface area (Å²) >= 11 is 13.9. The molecule has 5 nitrogen and oxygen atoms in total. The summed E-state index contributed by atoms with van der Waals surface area (Å²) in [5, 5.41) is 0.805. The van der Waals surface area contributed by atoms with Crippen molar-refractivity contribution in [3.63, 3.8) is 0 Å². The van der Waals surface area contributed by atoms with Crippen LogP contribution in [0.3, 0.4) is 0 Å². The van der Waals surface area contributed by atoms with Gasteiger partial charge in [0.25, 0.3) is 11.8 Å². The van der Waals surface area contributed by atoms with E-state index in [2.05, 4.69) is 0 Å². The van der Waals surface area contributed by atoms with Crippen LogP contribution in [0.4, 0.5) is 0 Å². The SMILES string of the molecule is COc1ccc(C(=O)N2CCSC23CCN(C(=O)c2ccc(Cl)c(Cl)c2)CC3)cc1. The molecule has 2 aliphatic heterocycles. The van der Waals surface area contributed by atoms with Crippen molar-refractivity contribution in [1.29, 1.82) is 0 Å². The molecule has 0 unspecified atom stereocenters. The predicted octanol–water partition coefficient (Wildman–Crippen LogP) is 4.82. The highest BCUT2D eigenvalue weighted by molar-refractivity contribution is 8.00. The number of halogens is 2. The predicted molar refractivity (Wildman–Crippen MR) is 121 cm³/mol. The monoisotopic (exact) mass is 464 g/mol. The second-order valence-corrected chi connectivity index (χ2v) is 9.67. The minimum atomic E-state index is -0.258. The zero-order valence-corrected chi connectivity index (χ0v) is 18.9. The third-order valence-electron chi connectivity index (χ3n) is 5.76. The average Bonchev–Trinajstić information content (AvgIpc) is 3.18. The van der Waals surface area contributed by atoms with E-state index in [0.717, 1.165) is 30.9 Å². The summed E-state index contributed by atoms with van der Waals surface area (Å²) in [6, 6.07) is 12.2. The lowest BCUT2D eigenvalue weighted by molar-refractivity contribution is 0.0498. The molecule has 0 radical (unpaired) electrons. The standard InChI is InChI=1S/C22H22Cl2N2O3S/c1-29-17-5-2-15(3-6-17)21(28)26-12-13-30-22(26)8-10-25(11-9-22)20(27)16-4-7-18(23)19(24)14-16/h2-7,14H,8-13H2,1H3. The van der Waals surface area contributed by atoms with Crippen LogP contribution in [0.25, 0.3) is 0 Å². The zero-order chi connectivity index (χ0) is 21.3. The third-order valence-corrected chi connectivity index (χ3v) is 8.05. The van der Waals surface area contributed by atoms with E-state index >= 15 is 0 Å². The van der Waals surface area contributed by atoms with Gasteiger partial charge in [-0.2, -0.15) is 0 Å². The molecule has 2 aromatic rings. The summed E-state index contributed by atoms with van der Waals surface area (Å²) in [4.78, 5) is 29.6. The van der Waals surface area contributed by atoms with Crippen molar-refractivity contribution in [3.05, 3.63) is 63.6 Å². The number of amides is 2. The van der Waals surface area contributed by atoms with Gasteiger partial charge in [0, 0.05) is 36.5 Å². The highest BCUT2D eigenvalue weighted by Crippen LogP contribution is 2.44. The fraction of sp³-hybridized carbons (Fsp3) is 0.364. The van der Waals surface area contributed by atoms with Crippen molar-refractivity contribution in [2.45, 2.75) is 17.7 Å². The van der Waals surface area contributed by atoms with Crippen LogP contribution in [0.1, 0.15) is 33.6 Å². The molecular formula is C22H22Cl2N2O3S. The van der Waals surface area contributed by atoms with Gasteiger partial charge in [-0.05, 0) is 55.3 Å². The highest BCUT2D eigenvalue weighted by atomic mass is 35.5. The van der Waals surface area contributed by atoms with E-state index < -0.39 is 0 Å². The van der Waals surface area contributed by atoms with Gasteiger partial charge in [-0.15, -0.1) is 11.8 Å². The van der Waals surface area contributed by atoms with Crippen LogP contribution in [0.5, 0.6) is 5.75 Å². The van der Waals surface area contributed by atoms with E-state index in [4.69, 9.17) is 27.9 Å². The smallest absolute Gasteiger partial charge is 0.255 e. The fourth-order valence-corrected chi connectivity index (χ4v) is 5.82. The van der Waals surface area contributed by atoms with Crippen molar-refractivity contribution in [1.82, 2.24) is 9.80 Å². The normalized spacial score (nSPS) is 18.0. The van der Waals surface area contributed by atoms with E-state index in [-0.39, 0.29) is 16.7 Å². The number of hydrogen-bond donors (Lipinski definition) is 0. The van der Waals surface area contributed by atoms with Crippen molar-refractivity contribution in [3.8, 4) is 5.75 Å². The molecule has 0 atom stereocenters. The minimum absolute atomic E-state index is 0.0342. The molecule has 0 aliphatic carbocycles. The summed E-state index contributed by atoms with van der Waals surface area (Å²) in [5.41, 5.74) is 1.19. The number of ether oxygens (including phenoxy) is 1. The van der Waals surface area contributed by atoms with E-state index in [1.165, 1.54) is 0 Å². The molecule has 30 heavy (non-hydrogen) atoms. The first-order valence-electron chi connectivity index (χ1n) is 9.78. The molecule has 2 saturated heterocycles. The maximum Gasteiger partial charge on any atom is 0.255 e. The number of likely N-dealkylation sites (tertiary alicyclic amines) is 1. The number of benzene rings is 2. The molecule has 2 amide bonds. The Hall–Kier alpha value is -1.89. The Morgan fingerprint density at radius 1 is 0.933 bits per heavy atom. The highest BCUT2D eigenvalue weighted by Gasteiger charge is 2.47. The van der Waals surface area contributed by atoms with Gasteiger partial charge < -0.3 is 14.5 Å². The van der Waals surface area contributed by atoms with Crippen molar-refractivity contribution in [2.75, 3.05) is 32.5 Å². The molecule has 0 N–H and O–H groups in total. The van der Waals surface area contributed by atoms with Crippen LogP contribution in [0, 0.1) is 0 Å². The van der Waals surface area contributed by atoms with Gasteiger partial charge in [0.15, 0.2) is 0 Å². The van der Waals surface area contributed by atoms with Crippen LogP contribution < -0.4 is 4.74 Å². The Kier molecular flexibility index (Phi) is 6.19. The van der Waals surface area contributed by atoms with E-state index in [1.54, 1.807) is 37.4 Å². The van der Waals surface area contributed by atoms with Gasteiger partial charge in [-0.3, -0.25) is 9.59 Å². The molecule has 0 saturated carbocycles. The molecule has 158 valence electrons. The van der Waals surface area contributed by atoms with Gasteiger partial charge in [-0.25, -0.2) is 0 Å². The lowest BCUT2D eigenvalue weighted by Gasteiger charge is -2.44. The first-order chi connectivity index (χ1) is 14.4. The van der Waals surface area contributed by atoms with Crippen LogP contribution >= 0.6 is 35.0 Å². The molecular weight excluding hydrogens is 443 g/mol. The Bertz CT molecular complexity index is 959. The Morgan fingerprint density at radius 2 is 1.60 bits per heavy atom. The molecule has 0 aromatic heterocycles. The van der Waals surface area contributed by atoms with Crippen molar-refractivity contribution >= 4 is 46.8 Å².